The monoisotopic (exact) mass is 364 g/mol. The van der Waals surface area contributed by atoms with Gasteiger partial charge in [0.25, 0.3) is 0 Å². The smallest absolute Gasteiger partial charge is 0.409 e. The molecule has 0 atom stereocenters. The van der Waals surface area contributed by atoms with E-state index in [2.05, 4.69) is 22.0 Å². The van der Waals surface area contributed by atoms with Crippen LogP contribution in [-0.4, -0.2) is 46.7 Å². The lowest BCUT2D eigenvalue weighted by Gasteiger charge is -2.38. The van der Waals surface area contributed by atoms with Crippen LogP contribution in [-0.2, 0) is 4.74 Å². The van der Waals surface area contributed by atoms with Gasteiger partial charge >= 0.3 is 6.09 Å². The Hall–Kier alpha value is -3.02. The number of hydrogen-bond donors (Lipinski definition) is 1. The molecule has 0 aliphatic carbocycles. The molecule has 6 nitrogen and oxygen atoms in total. The third-order valence-corrected chi connectivity index (χ3v) is 5.00. The zero-order chi connectivity index (χ0) is 18.6. The van der Waals surface area contributed by atoms with Crippen molar-refractivity contribution < 1.29 is 9.53 Å². The van der Waals surface area contributed by atoms with Gasteiger partial charge in [0.15, 0.2) is 0 Å². The third kappa shape index (κ3) is 3.60. The van der Waals surface area contributed by atoms with E-state index in [0.29, 0.717) is 19.7 Å². The first-order chi connectivity index (χ1) is 13.3. The maximum Gasteiger partial charge on any atom is 0.409 e. The van der Waals surface area contributed by atoms with Crippen LogP contribution in [0.5, 0.6) is 0 Å². The van der Waals surface area contributed by atoms with Crippen molar-refractivity contribution in [3.63, 3.8) is 0 Å². The number of anilines is 2. The summed E-state index contributed by atoms with van der Waals surface area (Å²) >= 11 is 0. The fourth-order valence-corrected chi connectivity index (χ4v) is 3.67. The van der Waals surface area contributed by atoms with E-state index in [-0.39, 0.29) is 12.1 Å². The molecule has 0 unspecified atom stereocenters. The van der Waals surface area contributed by atoms with Crippen LogP contribution in [0, 0.1) is 0 Å². The highest BCUT2D eigenvalue weighted by Crippen LogP contribution is 2.31. The van der Waals surface area contributed by atoms with E-state index in [1.54, 1.807) is 4.90 Å². The number of nitrogens with zero attached hydrogens (tertiary/aromatic N) is 3. The van der Waals surface area contributed by atoms with E-state index < -0.39 is 0 Å². The summed E-state index contributed by atoms with van der Waals surface area (Å²) in [6, 6.07) is 18.6. The highest BCUT2D eigenvalue weighted by Gasteiger charge is 2.30. The number of benzene rings is 2. The van der Waals surface area contributed by atoms with Crippen molar-refractivity contribution in [2.24, 2.45) is 0 Å². The zero-order valence-corrected chi connectivity index (χ0v) is 15.5. The van der Waals surface area contributed by atoms with Gasteiger partial charge in [-0.15, -0.1) is 0 Å². The quantitative estimate of drug-likeness (QED) is 0.749. The van der Waals surface area contributed by atoms with Gasteiger partial charge in [0.05, 0.1) is 17.6 Å². The summed E-state index contributed by atoms with van der Waals surface area (Å²) in [7, 11) is 0. The number of amides is 1. The molecule has 1 N–H and O–H groups in total. The Balaban J connectivity index is 1.61. The minimum Gasteiger partial charge on any atom is -0.450 e. The number of carbonyl (C=O) groups excluding carboxylic acids is 1. The SMILES string of the molecule is CCOC(=O)N1CCC(N(c2ccccc2)c2nc3ccccc3[nH]2)CC1. The van der Waals surface area contributed by atoms with Gasteiger partial charge in [-0.05, 0) is 44.0 Å². The summed E-state index contributed by atoms with van der Waals surface area (Å²) in [6.07, 6.45) is 1.51. The topological polar surface area (TPSA) is 61.5 Å². The first kappa shape index (κ1) is 17.4. The van der Waals surface area contributed by atoms with Crippen molar-refractivity contribution in [3.8, 4) is 0 Å². The van der Waals surface area contributed by atoms with Crippen molar-refractivity contribution in [3.05, 3.63) is 54.6 Å². The number of likely N-dealkylation sites (tertiary alicyclic amines) is 1. The molecule has 0 saturated carbocycles. The van der Waals surface area contributed by atoms with Crippen LogP contribution in [0.15, 0.2) is 54.6 Å². The molecule has 140 valence electrons. The number of imidazole rings is 1. The van der Waals surface area contributed by atoms with Gasteiger partial charge in [-0.25, -0.2) is 9.78 Å². The molecule has 0 radical (unpaired) electrons. The summed E-state index contributed by atoms with van der Waals surface area (Å²) in [4.78, 5) is 24.3. The molecule has 1 amide bonds. The molecule has 1 fully saturated rings. The third-order valence-electron chi connectivity index (χ3n) is 5.00. The van der Waals surface area contributed by atoms with Gasteiger partial charge in [0.2, 0.25) is 5.95 Å². The Labute approximate surface area is 158 Å². The van der Waals surface area contributed by atoms with E-state index in [9.17, 15) is 4.79 Å². The molecule has 27 heavy (non-hydrogen) atoms. The number of aromatic amines is 1. The Morgan fingerprint density at radius 1 is 1.15 bits per heavy atom. The fourth-order valence-electron chi connectivity index (χ4n) is 3.67. The van der Waals surface area contributed by atoms with E-state index in [0.717, 1.165) is 35.5 Å². The largest absolute Gasteiger partial charge is 0.450 e. The lowest BCUT2D eigenvalue weighted by molar-refractivity contribution is 0.0973. The van der Waals surface area contributed by atoms with Crippen molar-refractivity contribution in [2.45, 2.75) is 25.8 Å². The van der Waals surface area contributed by atoms with Gasteiger partial charge in [-0.2, -0.15) is 0 Å². The number of rotatable bonds is 4. The predicted octanol–water partition coefficient (Wildman–Crippen LogP) is 4.32. The van der Waals surface area contributed by atoms with Crippen LogP contribution >= 0.6 is 0 Å². The normalized spacial score (nSPS) is 15.1. The second-order valence-electron chi connectivity index (χ2n) is 6.70. The number of ether oxygens (including phenoxy) is 1. The van der Waals surface area contributed by atoms with Gasteiger partial charge in [0.1, 0.15) is 0 Å². The molecule has 3 aromatic rings. The van der Waals surface area contributed by atoms with Crippen LogP contribution in [0.3, 0.4) is 0 Å². The fraction of sp³-hybridized carbons (Fsp3) is 0.333. The van der Waals surface area contributed by atoms with Gasteiger partial charge < -0.3 is 19.5 Å². The molecule has 2 aromatic carbocycles. The van der Waals surface area contributed by atoms with E-state index in [4.69, 9.17) is 9.72 Å². The van der Waals surface area contributed by atoms with Gasteiger partial charge in [-0.3, -0.25) is 0 Å². The van der Waals surface area contributed by atoms with Gasteiger partial charge in [0, 0.05) is 24.8 Å². The number of fused-ring (bicyclic) bond motifs is 1. The van der Waals surface area contributed by atoms with Crippen molar-refractivity contribution in [1.29, 1.82) is 0 Å². The number of carbonyl (C=O) groups is 1. The molecule has 1 aliphatic rings. The van der Waals surface area contributed by atoms with Crippen LogP contribution in [0.1, 0.15) is 19.8 Å². The average Bonchev–Trinajstić information content (AvgIpc) is 3.13. The van der Waals surface area contributed by atoms with E-state index in [1.165, 1.54) is 0 Å². The summed E-state index contributed by atoms with van der Waals surface area (Å²) < 4.78 is 5.14. The number of para-hydroxylation sites is 3. The Bertz CT molecular complexity index is 868. The maximum absolute atomic E-state index is 12.0. The van der Waals surface area contributed by atoms with Crippen LogP contribution in [0.2, 0.25) is 0 Å². The molecule has 0 bridgehead atoms. The average molecular weight is 364 g/mol. The molecule has 1 aromatic heterocycles. The molecular formula is C21H24N4O2. The number of nitrogens with one attached hydrogen (secondary N) is 1. The molecule has 6 heteroatoms. The minimum absolute atomic E-state index is 0.217. The van der Waals surface area contributed by atoms with E-state index in [1.807, 2.05) is 49.4 Å². The standard InChI is InChI=1S/C21H24N4O2/c1-2-27-21(26)24-14-12-17(13-15-24)25(16-8-4-3-5-9-16)20-22-18-10-6-7-11-19(18)23-20/h3-11,17H,2,12-15H2,1H3,(H,22,23). The number of piperidine rings is 1. The summed E-state index contributed by atoms with van der Waals surface area (Å²) in [5, 5.41) is 0. The minimum atomic E-state index is -0.217. The molecule has 2 heterocycles. The Kier molecular flexibility index (Phi) is 4.96. The van der Waals surface area contributed by atoms with Crippen LogP contribution in [0.4, 0.5) is 16.4 Å². The second-order valence-corrected chi connectivity index (χ2v) is 6.70. The Morgan fingerprint density at radius 3 is 2.56 bits per heavy atom. The number of hydrogen-bond acceptors (Lipinski definition) is 4. The first-order valence-electron chi connectivity index (χ1n) is 9.47. The number of H-pyrrole nitrogens is 1. The highest BCUT2D eigenvalue weighted by molar-refractivity contribution is 5.79. The second kappa shape index (κ2) is 7.70. The van der Waals surface area contributed by atoms with Crippen molar-refractivity contribution >= 4 is 28.8 Å². The maximum atomic E-state index is 12.0. The van der Waals surface area contributed by atoms with Crippen molar-refractivity contribution in [2.75, 3.05) is 24.6 Å². The number of aromatic nitrogens is 2. The molecule has 1 saturated heterocycles. The lowest BCUT2D eigenvalue weighted by atomic mass is 10.0. The highest BCUT2D eigenvalue weighted by atomic mass is 16.6. The van der Waals surface area contributed by atoms with E-state index >= 15 is 0 Å². The summed E-state index contributed by atoms with van der Waals surface area (Å²) in [6.45, 7) is 3.62. The first-order valence-corrected chi connectivity index (χ1v) is 9.47. The zero-order valence-electron chi connectivity index (χ0n) is 15.5. The Morgan fingerprint density at radius 2 is 1.85 bits per heavy atom. The predicted molar refractivity (Wildman–Crippen MR) is 106 cm³/mol. The summed E-state index contributed by atoms with van der Waals surface area (Å²) in [5.74, 6) is 0.844. The summed E-state index contributed by atoms with van der Waals surface area (Å²) in [5.41, 5.74) is 3.08. The molecule has 4 rings (SSSR count). The molecular weight excluding hydrogens is 340 g/mol. The van der Waals surface area contributed by atoms with Gasteiger partial charge in [-0.1, -0.05) is 30.3 Å². The molecule has 0 spiro atoms. The lowest BCUT2D eigenvalue weighted by Crippen LogP contribution is -2.45. The van der Waals surface area contributed by atoms with Crippen LogP contribution < -0.4 is 4.90 Å². The van der Waals surface area contributed by atoms with Crippen molar-refractivity contribution in [1.82, 2.24) is 14.9 Å². The van der Waals surface area contributed by atoms with Crippen LogP contribution in [0.25, 0.3) is 11.0 Å². The molecule has 1 aliphatic heterocycles.